The van der Waals surface area contributed by atoms with Gasteiger partial charge in [-0.25, -0.2) is 0 Å². The Labute approximate surface area is 94.1 Å². The molecule has 0 aromatic heterocycles. The van der Waals surface area contributed by atoms with Gasteiger partial charge in [0.1, 0.15) is 0 Å². The maximum absolute atomic E-state index is 8.83. The van der Waals surface area contributed by atoms with E-state index in [0.29, 0.717) is 0 Å². The van der Waals surface area contributed by atoms with Gasteiger partial charge in [-0.2, -0.15) is 0 Å². The summed E-state index contributed by atoms with van der Waals surface area (Å²) in [7, 11) is 0. The van der Waals surface area contributed by atoms with Gasteiger partial charge < -0.3 is 0 Å². The van der Waals surface area contributed by atoms with Gasteiger partial charge in [0, 0.05) is 33.6 Å². The van der Waals surface area contributed by atoms with E-state index in [-0.39, 0.29) is 63.1 Å². The molecule has 0 amide bonds. The van der Waals surface area contributed by atoms with E-state index in [1.165, 1.54) is 0 Å². The van der Waals surface area contributed by atoms with E-state index < -0.39 is 12.2 Å². The van der Waals surface area contributed by atoms with Crippen molar-refractivity contribution in [2.75, 3.05) is 0 Å². The Bertz CT molecular complexity index is 195. The van der Waals surface area contributed by atoms with Crippen molar-refractivity contribution < 1.29 is 65.7 Å². The molecule has 9 heavy (non-hydrogen) atoms. The first-order valence-electron chi connectivity index (χ1n) is 0.801. The summed E-state index contributed by atoms with van der Waals surface area (Å²) >= 11 is -7.01. The van der Waals surface area contributed by atoms with E-state index in [9.17, 15) is 0 Å². The molecular formula is H3FeMnNaNiO5. The first kappa shape index (κ1) is 22.4. The molecule has 0 rings (SSSR count). The molecule has 0 bridgehead atoms. The number of hydrogen-bond donors (Lipinski definition) is 2. The fourth-order valence-corrected chi connectivity index (χ4v) is 0. The van der Waals surface area contributed by atoms with Gasteiger partial charge in [0.15, 0.2) is 0 Å². The van der Waals surface area contributed by atoms with Gasteiger partial charge in [-0.05, 0) is 0 Å². The van der Waals surface area contributed by atoms with Crippen LogP contribution in [0, 0.1) is 0 Å². The molecule has 0 aromatic carbocycles. The van der Waals surface area contributed by atoms with E-state index in [2.05, 4.69) is 0 Å². The van der Waals surface area contributed by atoms with Crippen molar-refractivity contribution in [1.29, 1.82) is 0 Å². The van der Waals surface area contributed by atoms with Gasteiger partial charge in [-0.1, -0.05) is 0 Å². The van der Waals surface area contributed by atoms with Crippen molar-refractivity contribution in [1.82, 2.24) is 0 Å². The van der Waals surface area contributed by atoms with E-state index in [1.807, 2.05) is 0 Å². The Hall–Kier alpha value is 1.85. The van der Waals surface area contributed by atoms with E-state index in [0.717, 1.165) is 0 Å². The fourth-order valence-electron chi connectivity index (χ4n) is 0. The molecule has 0 unspecified atom stereocenters. The summed E-state index contributed by atoms with van der Waals surface area (Å²) in [6.45, 7) is 0. The third-order valence-corrected chi connectivity index (χ3v) is 0. The molecule has 0 aliphatic heterocycles. The molecule has 0 atom stereocenters. The van der Waals surface area contributed by atoms with Crippen LogP contribution in [0.1, 0.15) is 0 Å². The van der Waals surface area contributed by atoms with Crippen molar-refractivity contribution in [3.63, 3.8) is 0 Å². The molecule has 0 spiro atoms. The first-order valence-corrected chi connectivity index (χ1v) is 3.30. The zero-order chi connectivity index (χ0) is 5.45. The summed E-state index contributed by atoms with van der Waals surface area (Å²) in [6, 6.07) is 0. The molecule has 5 nitrogen and oxygen atoms in total. The molecule has 0 aliphatic carbocycles. The standard InChI is InChI=1S/Fe.Mn.Na.Ni.2H2O.3O.H/h;;;;2*1H2;;;;/q;+2;;;;;;;;/p-2. The van der Waals surface area contributed by atoms with Gasteiger partial charge in [0.2, 0.25) is 0 Å². The van der Waals surface area contributed by atoms with Crippen molar-refractivity contribution in [2.24, 2.45) is 0 Å². The van der Waals surface area contributed by atoms with Gasteiger partial charge >= 0.3 is 61.7 Å². The Morgan fingerprint density at radius 2 is 1.00 bits per heavy atom. The molecule has 0 saturated carbocycles. The molecule has 0 aliphatic rings. The third-order valence-electron chi connectivity index (χ3n) is 0. The Morgan fingerprint density at radius 1 is 1.00 bits per heavy atom. The summed E-state index contributed by atoms with van der Waals surface area (Å²) < 4.78 is 40.6. The normalized spacial score (nSPS) is 12.4. The summed E-state index contributed by atoms with van der Waals surface area (Å²) in [6.07, 6.45) is 0. The maximum atomic E-state index is 8.83. The second-order valence-corrected chi connectivity index (χ2v) is 2.80. The predicted octanol–water partition coefficient (Wildman–Crippen LogP) is -2.13. The van der Waals surface area contributed by atoms with Gasteiger partial charge in [-0.15, -0.1) is 0 Å². The van der Waals surface area contributed by atoms with Crippen LogP contribution in [0.4, 0.5) is 0 Å². The molecule has 0 radical (unpaired) electrons. The number of hydrogen-bond acceptors (Lipinski definition) is 3. The summed E-state index contributed by atoms with van der Waals surface area (Å²) in [5.41, 5.74) is 0. The van der Waals surface area contributed by atoms with Crippen LogP contribution in [-0.2, 0) is 57.3 Å². The van der Waals surface area contributed by atoms with Crippen molar-refractivity contribution in [2.45, 2.75) is 0 Å². The average Bonchev–Trinajstić information content (AvgIpc) is 0.650. The van der Waals surface area contributed by atoms with Crippen LogP contribution in [0.2, 0.25) is 0 Å². The fraction of sp³-hybridized carbons (Fsp3) is 0. The monoisotopic (exact) mass is 275 g/mol. The van der Waals surface area contributed by atoms with Gasteiger partial charge in [0.05, 0.1) is 0 Å². The summed E-state index contributed by atoms with van der Waals surface area (Å²) in [5.74, 6) is 0. The van der Waals surface area contributed by atoms with E-state index in [4.69, 9.17) is 19.9 Å². The SMILES string of the molecule is [Fe].[NaH].[Ni].[O]=[Mn](=[O])(=[O])([OH])[OH]. The Balaban J connectivity index is -0.0000000417. The molecule has 0 heterocycles. The minimum atomic E-state index is -7.01. The molecule has 9 heteroatoms. The van der Waals surface area contributed by atoms with Crippen LogP contribution in [0.25, 0.3) is 0 Å². The topological polar surface area (TPSA) is 91.7 Å². The van der Waals surface area contributed by atoms with Crippen molar-refractivity contribution >= 4 is 29.6 Å². The molecule has 59 valence electrons. The molecule has 0 saturated heterocycles. The first-order chi connectivity index (χ1) is 2.24. The van der Waals surface area contributed by atoms with Crippen LogP contribution < -0.4 is 0 Å². The van der Waals surface area contributed by atoms with Gasteiger partial charge in [0.25, 0.3) is 0 Å². The molecule has 2 N–H and O–H groups in total. The zero-order valence-corrected chi connectivity index (χ0v) is 6.44. The molecular weight excluding hydrogens is 272 g/mol. The minimum absolute atomic E-state index is 0. The molecule has 0 fully saturated rings. The zero-order valence-electron chi connectivity index (χ0n) is 3.17. The summed E-state index contributed by atoms with van der Waals surface area (Å²) in [5, 5.41) is 0. The van der Waals surface area contributed by atoms with Crippen molar-refractivity contribution in [3.05, 3.63) is 0 Å². The van der Waals surface area contributed by atoms with Crippen LogP contribution >= 0.6 is 0 Å². The predicted molar refractivity (Wildman–Crippen MR) is 13.6 cm³/mol. The van der Waals surface area contributed by atoms with Crippen LogP contribution in [0.3, 0.4) is 0 Å². The van der Waals surface area contributed by atoms with Crippen LogP contribution in [0.15, 0.2) is 0 Å². The van der Waals surface area contributed by atoms with Gasteiger partial charge in [-0.3, -0.25) is 0 Å². The second kappa shape index (κ2) is 5.50. The van der Waals surface area contributed by atoms with E-state index >= 15 is 0 Å². The van der Waals surface area contributed by atoms with Crippen LogP contribution in [0.5, 0.6) is 0 Å². The Morgan fingerprint density at radius 3 is 1.00 bits per heavy atom. The third kappa shape index (κ3) is 177. The van der Waals surface area contributed by atoms with Crippen molar-refractivity contribution in [3.8, 4) is 0 Å². The van der Waals surface area contributed by atoms with Crippen LogP contribution in [-0.4, -0.2) is 37.9 Å². The van der Waals surface area contributed by atoms with E-state index in [1.54, 1.807) is 0 Å². The summed E-state index contributed by atoms with van der Waals surface area (Å²) in [4.78, 5) is 0. The number of rotatable bonds is 0. The quantitative estimate of drug-likeness (QED) is 0.493. The molecule has 0 aromatic rings. The Kier molecular flexibility index (Phi) is 13.7. The second-order valence-electron chi connectivity index (χ2n) is 0.679. The average molecular weight is 275 g/mol.